The summed E-state index contributed by atoms with van der Waals surface area (Å²) in [4.78, 5) is 0. The van der Waals surface area contributed by atoms with Crippen LogP contribution in [0.5, 0.6) is 0 Å². The summed E-state index contributed by atoms with van der Waals surface area (Å²) in [7, 11) is 2.08. The fourth-order valence-electron chi connectivity index (χ4n) is 4.11. The Balaban J connectivity index is 1.63. The third-order valence-corrected chi connectivity index (χ3v) is 5.55. The average Bonchev–Trinajstić information content (AvgIpc) is 3.00. The second-order valence-corrected chi connectivity index (χ2v) is 7.01. The predicted octanol–water partition coefficient (Wildman–Crippen LogP) is 4.21. The molecule has 0 spiro atoms. The van der Waals surface area contributed by atoms with Gasteiger partial charge in [-0.05, 0) is 67.8 Å². The molecule has 1 aromatic carbocycles. The van der Waals surface area contributed by atoms with E-state index in [1.54, 1.807) is 0 Å². The molecule has 1 N–H and O–H groups in total. The Kier molecular flexibility index (Phi) is 4.97. The van der Waals surface area contributed by atoms with E-state index in [0.717, 1.165) is 19.8 Å². The van der Waals surface area contributed by atoms with Gasteiger partial charge in [-0.3, -0.25) is 0 Å². The second kappa shape index (κ2) is 6.93. The van der Waals surface area contributed by atoms with Crippen LogP contribution in [0.3, 0.4) is 0 Å². The highest BCUT2D eigenvalue weighted by molar-refractivity contribution is 5.33. The number of rotatable bonds is 6. The second-order valence-electron chi connectivity index (χ2n) is 7.01. The molecule has 1 fully saturated rings. The molecule has 1 aliphatic heterocycles. The summed E-state index contributed by atoms with van der Waals surface area (Å²) in [5, 5.41) is 3.36. The fraction of sp³-hybridized carbons (Fsp3) is 0.684. The Morgan fingerprint density at radius 1 is 1.05 bits per heavy atom. The van der Waals surface area contributed by atoms with E-state index in [-0.39, 0.29) is 0 Å². The summed E-state index contributed by atoms with van der Waals surface area (Å²) in [5.41, 5.74) is 4.91. The molecule has 3 rings (SSSR count). The van der Waals surface area contributed by atoms with E-state index in [0.29, 0.717) is 5.41 Å². The molecule has 2 nitrogen and oxygen atoms in total. The number of hydrogen-bond acceptors (Lipinski definition) is 2. The van der Waals surface area contributed by atoms with Gasteiger partial charge in [0.25, 0.3) is 0 Å². The van der Waals surface area contributed by atoms with E-state index in [1.807, 2.05) is 0 Å². The molecule has 0 aromatic heterocycles. The Morgan fingerprint density at radius 2 is 1.86 bits per heavy atom. The molecular formula is C19H29NO. The lowest BCUT2D eigenvalue weighted by Gasteiger charge is -2.38. The van der Waals surface area contributed by atoms with E-state index in [2.05, 4.69) is 30.6 Å². The van der Waals surface area contributed by atoms with Crippen LogP contribution in [0, 0.1) is 5.41 Å². The standard InChI is InChI=1S/C19H29NO/c1-20-12-11-19(8-3-2-4-9-19)10-7-16-5-6-17-14-21-15-18(17)13-16/h5-6,13,20H,2-4,7-12,14-15H2,1H3. The zero-order chi connectivity index (χ0) is 14.5. The maximum Gasteiger partial charge on any atom is 0.0725 e. The van der Waals surface area contributed by atoms with Crippen LogP contribution in [0.4, 0.5) is 0 Å². The summed E-state index contributed by atoms with van der Waals surface area (Å²) in [6.45, 7) is 2.79. The van der Waals surface area contributed by atoms with Crippen molar-refractivity contribution in [3.63, 3.8) is 0 Å². The number of hydrogen-bond donors (Lipinski definition) is 1. The molecule has 0 unspecified atom stereocenters. The summed E-state index contributed by atoms with van der Waals surface area (Å²) in [5.74, 6) is 0. The zero-order valence-electron chi connectivity index (χ0n) is 13.4. The molecule has 21 heavy (non-hydrogen) atoms. The highest BCUT2D eigenvalue weighted by Crippen LogP contribution is 2.43. The molecule has 2 heteroatoms. The summed E-state index contributed by atoms with van der Waals surface area (Å²) >= 11 is 0. The molecule has 0 bridgehead atoms. The molecule has 2 aliphatic rings. The molecule has 0 atom stereocenters. The molecular weight excluding hydrogens is 258 g/mol. The average molecular weight is 287 g/mol. The SMILES string of the molecule is CNCCC1(CCc2ccc3c(c2)COC3)CCCCC1. The number of nitrogens with one attached hydrogen (secondary N) is 1. The van der Waals surface area contributed by atoms with E-state index >= 15 is 0 Å². The third-order valence-electron chi connectivity index (χ3n) is 5.55. The van der Waals surface area contributed by atoms with E-state index in [1.165, 1.54) is 68.1 Å². The van der Waals surface area contributed by atoms with Crippen molar-refractivity contribution in [2.45, 2.75) is 64.6 Å². The lowest BCUT2D eigenvalue weighted by Crippen LogP contribution is -2.29. The Bertz CT molecular complexity index is 463. The Hall–Kier alpha value is -0.860. The lowest BCUT2D eigenvalue weighted by molar-refractivity contribution is 0.134. The quantitative estimate of drug-likeness (QED) is 0.846. The minimum Gasteiger partial charge on any atom is -0.372 e. The largest absolute Gasteiger partial charge is 0.372 e. The first kappa shape index (κ1) is 15.1. The molecule has 116 valence electrons. The van der Waals surface area contributed by atoms with Crippen LogP contribution >= 0.6 is 0 Å². The van der Waals surface area contributed by atoms with Gasteiger partial charge in [0.2, 0.25) is 0 Å². The van der Waals surface area contributed by atoms with Crippen molar-refractivity contribution in [1.82, 2.24) is 5.32 Å². The predicted molar refractivity (Wildman–Crippen MR) is 87.3 cm³/mol. The van der Waals surface area contributed by atoms with Gasteiger partial charge in [0.05, 0.1) is 13.2 Å². The van der Waals surface area contributed by atoms with Crippen LogP contribution < -0.4 is 5.32 Å². The molecule has 0 radical (unpaired) electrons. The van der Waals surface area contributed by atoms with Crippen LogP contribution in [-0.2, 0) is 24.4 Å². The van der Waals surface area contributed by atoms with Gasteiger partial charge in [0.1, 0.15) is 0 Å². The highest BCUT2D eigenvalue weighted by atomic mass is 16.5. The number of benzene rings is 1. The molecule has 0 amide bonds. The minimum atomic E-state index is 0.594. The number of aryl methyl sites for hydroxylation is 1. The van der Waals surface area contributed by atoms with E-state index in [9.17, 15) is 0 Å². The van der Waals surface area contributed by atoms with Crippen molar-refractivity contribution in [3.8, 4) is 0 Å². The third kappa shape index (κ3) is 3.67. The molecule has 0 saturated heterocycles. The van der Waals surface area contributed by atoms with Crippen LogP contribution in [0.15, 0.2) is 18.2 Å². The van der Waals surface area contributed by atoms with Crippen molar-refractivity contribution < 1.29 is 4.74 Å². The first-order valence-electron chi connectivity index (χ1n) is 8.64. The van der Waals surface area contributed by atoms with Gasteiger partial charge in [-0.15, -0.1) is 0 Å². The lowest BCUT2D eigenvalue weighted by atomic mass is 9.68. The fourth-order valence-corrected chi connectivity index (χ4v) is 4.11. The zero-order valence-corrected chi connectivity index (χ0v) is 13.4. The maximum absolute atomic E-state index is 5.53. The van der Waals surface area contributed by atoms with Gasteiger partial charge in [-0.25, -0.2) is 0 Å². The van der Waals surface area contributed by atoms with Crippen molar-refractivity contribution >= 4 is 0 Å². The normalized spacial score (nSPS) is 20.4. The summed E-state index contributed by atoms with van der Waals surface area (Å²) in [6, 6.07) is 6.98. The van der Waals surface area contributed by atoms with Crippen molar-refractivity contribution in [2.75, 3.05) is 13.6 Å². The Labute approximate surface area is 129 Å². The summed E-state index contributed by atoms with van der Waals surface area (Å²) < 4.78 is 5.53. The van der Waals surface area contributed by atoms with Gasteiger partial charge < -0.3 is 10.1 Å². The van der Waals surface area contributed by atoms with Crippen LogP contribution in [-0.4, -0.2) is 13.6 Å². The number of fused-ring (bicyclic) bond motifs is 1. The molecule has 1 saturated carbocycles. The van der Waals surface area contributed by atoms with Crippen LogP contribution in [0.2, 0.25) is 0 Å². The topological polar surface area (TPSA) is 21.3 Å². The van der Waals surface area contributed by atoms with E-state index in [4.69, 9.17) is 4.74 Å². The highest BCUT2D eigenvalue weighted by Gasteiger charge is 2.31. The van der Waals surface area contributed by atoms with Crippen molar-refractivity contribution in [3.05, 3.63) is 34.9 Å². The van der Waals surface area contributed by atoms with Crippen molar-refractivity contribution in [2.24, 2.45) is 5.41 Å². The van der Waals surface area contributed by atoms with Gasteiger partial charge in [-0.1, -0.05) is 37.5 Å². The first-order chi connectivity index (χ1) is 10.3. The van der Waals surface area contributed by atoms with Gasteiger partial charge in [0, 0.05) is 0 Å². The summed E-state index contributed by atoms with van der Waals surface area (Å²) in [6.07, 6.45) is 11.1. The van der Waals surface area contributed by atoms with Gasteiger partial charge >= 0.3 is 0 Å². The Morgan fingerprint density at radius 3 is 2.67 bits per heavy atom. The van der Waals surface area contributed by atoms with Gasteiger partial charge in [0.15, 0.2) is 0 Å². The van der Waals surface area contributed by atoms with E-state index < -0.39 is 0 Å². The monoisotopic (exact) mass is 287 g/mol. The van der Waals surface area contributed by atoms with Crippen LogP contribution in [0.1, 0.15) is 61.6 Å². The van der Waals surface area contributed by atoms with Crippen molar-refractivity contribution in [1.29, 1.82) is 0 Å². The van der Waals surface area contributed by atoms with Crippen LogP contribution in [0.25, 0.3) is 0 Å². The maximum atomic E-state index is 5.53. The molecule has 1 aliphatic carbocycles. The van der Waals surface area contributed by atoms with Gasteiger partial charge in [-0.2, -0.15) is 0 Å². The molecule has 1 heterocycles. The molecule has 1 aromatic rings. The number of ether oxygens (including phenoxy) is 1. The smallest absolute Gasteiger partial charge is 0.0725 e. The first-order valence-corrected chi connectivity index (χ1v) is 8.64. The minimum absolute atomic E-state index is 0.594.